The Kier molecular flexibility index (Phi) is 4.87. The molecule has 0 aromatic carbocycles. The molecule has 1 saturated heterocycles. The summed E-state index contributed by atoms with van der Waals surface area (Å²) in [6.45, 7) is 3.67. The molecule has 1 fully saturated rings. The van der Waals surface area contributed by atoms with Crippen molar-refractivity contribution in [1.29, 1.82) is 0 Å². The first-order chi connectivity index (χ1) is 11.2. The van der Waals surface area contributed by atoms with Crippen LogP contribution in [-0.2, 0) is 4.79 Å². The molecule has 0 aliphatic carbocycles. The molecule has 7 heteroatoms. The van der Waals surface area contributed by atoms with E-state index in [1.807, 2.05) is 18.2 Å². The maximum atomic E-state index is 12.0. The second-order valence-electron chi connectivity index (χ2n) is 5.68. The van der Waals surface area contributed by atoms with Crippen molar-refractivity contribution in [3.63, 3.8) is 0 Å². The highest BCUT2D eigenvalue weighted by Crippen LogP contribution is 2.06. The minimum Gasteiger partial charge on any atom is -0.353 e. The summed E-state index contributed by atoms with van der Waals surface area (Å²) in [5.41, 5.74) is 1.15. The Hall–Kier alpha value is -2.41. The zero-order valence-corrected chi connectivity index (χ0v) is 13.0. The molecule has 1 aliphatic rings. The molecule has 1 aliphatic heterocycles. The quantitative estimate of drug-likeness (QED) is 0.802. The predicted molar refractivity (Wildman–Crippen MR) is 86.2 cm³/mol. The number of carbonyl (C=O) groups is 2. The van der Waals surface area contributed by atoms with Crippen LogP contribution in [-0.4, -0.2) is 59.1 Å². The van der Waals surface area contributed by atoms with E-state index in [0.29, 0.717) is 12.2 Å². The van der Waals surface area contributed by atoms with Crippen molar-refractivity contribution in [3.05, 3.63) is 36.2 Å². The lowest BCUT2D eigenvalue weighted by molar-refractivity contribution is -0.120. The first-order valence-corrected chi connectivity index (χ1v) is 7.94. The number of hydrogen-bond donors (Lipinski definition) is 2. The summed E-state index contributed by atoms with van der Waals surface area (Å²) in [6, 6.07) is 7.29. The minimum absolute atomic E-state index is 0.0350. The van der Waals surface area contributed by atoms with Crippen LogP contribution >= 0.6 is 0 Å². The highest BCUT2D eigenvalue weighted by atomic mass is 16.2. The average Bonchev–Trinajstić information content (AvgIpc) is 3.21. The Bertz CT molecular complexity index is 658. The molecule has 122 valence electrons. The van der Waals surface area contributed by atoms with E-state index >= 15 is 0 Å². The van der Waals surface area contributed by atoms with Gasteiger partial charge in [-0.05, 0) is 44.1 Å². The lowest BCUT2D eigenvalue weighted by Crippen LogP contribution is -2.40. The van der Waals surface area contributed by atoms with Crippen LogP contribution in [0.5, 0.6) is 0 Å². The molecule has 2 aromatic heterocycles. The van der Waals surface area contributed by atoms with Gasteiger partial charge in [0.2, 0.25) is 5.91 Å². The largest absolute Gasteiger partial charge is 0.353 e. The number of carbonyl (C=O) groups excluding carboxylic acids is 2. The number of rotatable bonds is 6. The molecule has 2 aromatic rings. The highest BCUT2D eigenvalue weighted by molar-refractivity contribution is 5.95. The summed E-state index contributed by atoms with van der Waals surface area (Å²) in [7, 11) is 0. The highest BCUT2D eigenvalue weighted by Gasteiger charge is 2.13. The van der Waals surface area contributed by atoms with Crippen LogP contribution < -0.4 is 10.6 Å². The van der Waals surface area contributed by atoms with Gasteiger partial charge >= 0.3 is 0 Å². The maximum absolute atomic E-state index is 12.0. The monoisotopic (exact) mass is 315 g/mol. The molecule has 2 amide bonds. The van der Waals surface area contributed by atoms with Crippen LogP contribution in [0.1, 0.15) is 23.3 Å². The summed E-state index contributed by atoms with van der Waals surface area (Å²) in [4.78, 5) is 26.1. The van der Waals surface area contributed by atoms with Crippen molar-refractivity contribution < 1.29 is 9.59 Å². The molecule has 3 heterocycles. The molecule has 2 N–H and O–H groups in total. The van der Waals surface area contributed by atoms with Gasteiger partial charge in [-0.25, -0.2) is 4.52 Å². The Balaban J connectivity index is 1.41. The fraction of sp³-hybridized carbons (Fsp3) is 0.438. The smallest absolute Gasteiger partial charge is 0.272 e. The van der Waals surface area contributed by atoms with Gasteiger partial charge in [0.05, 0.1) is 12.1 Å². The van der Waals surface area contributed by atoms with E-state index in [9.17, 15) is 9.59 Å². The summed E-state index contributed by atoms with van der Waals surface area (Å²) in [5.74, 6) is -0.523. The first-order valence-electron chi connectivity index (χ1n) is 7.94. The van der Waals surface area contributed by atoms with Gasteiger partial charge in [-0.15, -0.1) is 0 Å². The molecular formula is C16H21N5O2. The van der Waals surface area contributed by atoms with Crippen LogP contribution in [0, 0.1) is 0 Å². The topological polar surface area (TPSA) is 78.7 Å². The van der Waals surface area contributed by atoms with E-state index < -0.39 is 0 Å². The van der Waals surface area contributed by atoms with Crippen LogP contribution in [0.25, 0.3) is 5.52 Å². The lowest BCUT2D eigenvalue weighted by Gasteiger charge is -2.14. The van der Waals surface area contributed by atoms with Crippen molar-refractivity contribution >= 4 is 17.3 Å². The third-order valence-electron chi connectivity index (χ3n) is 3.96. The summed E-state index contributed by atoms with van der Waals surface area (Å²) in [6.07, 6.45) is 4.25. The van der Waals surface area contributed by atoms with Gasteiger partial charge in [-0.1, -0.05) is 6.07 Å². The van der Waals surface area contributed by atoms with Crippen molar-refractivity contribution in [2.45, 2.75) is 12.8 Å². The normalized spacial score (nSPS) is 15.0. The Morgan fingerprint density at radius 1 is 1.17 bits per heavy atom. The molecule has 0 radical (unpaired) electrons. The van der Waals surface area contributed by atoms with Crippen molar-refractivity contribution in [2.24, 2.45) is 0 Å². The molecule has 0 spiro atoms. The Labute approximate surface area is 134 Å². The summed E-state index contributed by atoms with van der Waals surface area (Å²) >= 11 is 0. The number of aromatic nitrogens is 2. The van der Waals surface area contributed by atoms with E-state index in [2.05, 4.69) is 20.6 Å². The number of amides is 2. The molecular weight excluding hydrogens is 294 g/mol. The fourth-order valence-electron chi connectivity index (χ4n) is 2.72. The maximum Gasteiger partial charge on any atom is 0.272 e. The van der Waals surface area contributed by atoms with E-state index in [0.717, 1.165) is 25.2 Å². The number of fused-ring (bicyclic) bond motifs is 1. The minimum atomic E-state index is -0.344. The SMILES string of the molecule is O=C(CNC(=O)c1cc2ccccn2n1)NCCN1CCCC1. The Morgan fingerprint density at radius 2 is 2.00 bits per heavy atom. The third-order valence-corrected chi connectivity index (χ3v) is 3.96. The summed E-state index contributed by atoms with van der Waals surface area (Å²) < 4.78 is 1.63. The number of nitrogens with one attached hydrogen (secondary N) is 2. The average molecular weight is 315 g/mol. The van der Waals surface area contributed by atoms with Crippen LogP contribution in [0.4, 0.5) is 0 Å². The molecule has 0 saturated carbocycles. The number of likely N-dealkylation sites (tertiary alicyclic amines) is 1. The molecule has 0 atom stereocenters. The Morgan fingerprint density at radius 3 is 2.78 bits per heavy atom. The van der Waals surface area contributed by atoms with E-state index in [1.165, 1.54) is 12.8 Å². The number of pyridine rings is 1. The van der Waals surface area contributed by atoms with E-state index in [4.69, 9.17) is 0 Å². The first kappa shape index (κ1) is 15.5. The number of hydrogen-bond acceptors (Lipinski definition) is 4. The van der Waals surface area contributed by atoms with Gasteiger partial charge in [0.1, 0.15) is 0 Å². The van der Waals surface area contributed by atoms with E-state index in [-0.39, 0.29) is 18.4 Å². The molecule has 3 rings (SSSR count). The summed E-state index contributed by atoms with van der Waals surface area (Å²) in [5, 5.41) is 9.59. The second-order valence-corrected chi connectivity index (χ2v) is 5.68. The zero-order chi connectivity index (χ0) is 16.1. The van der Waals surface area contributed by atoms with Gasteiger partial charge in [0, 0.05) is 19.3 Å². The van der Waals surface area contributed by atoms with Crippen molar-refractivity contribution in [1.82, 2.24) is 25.1 Å². The molecule has 7 nitrogen and oxygen atoms in total. The standard InChI is InChI=1S/C16H21N5O2/c22-15(17-6-10-20-7-3-4-8-20)12-18-16(23)14-11-13-5-1-2-9-21(13)19-14/h1-2,5,9,11H,3-4,6-8,10,12H2,(H,17,22)(H,18,23). The number of nitrogens with zero attached hydrogens (tertiary/aromatic N) is 3. The van der Waals surface area contributed by atoms with Crippen molar-refractivity contribution in [2.75, 3.05) is 32.7 Å². The van der Waals surface area contributed by atoms with Crippen LogP contribution in [0.15, 0.2) is 30.5 Å². The van der Waals surface area contributed by atoms with Crippen LogP contribution in [0.2, 0.25) is 0 Å². The lowest BCUT2D eigenvalue weighted by atomic mass is 10.3. The zero-order valence-electron chi connectivity index (χ0n) is 13.0. The van der Waals surface area contributed by atoms with Gasteiger partial charge < -0.3 is 15.5 Å². The third kappa shape index (κ3) is 4.07. The van der Waals surface area contributed by atoms with Gasteiger partial charge in [0.15, 0.2) is 5.69 Å². The van der Waals surface area contributed by atoms with Gasteiger partial charge in [-0.2, -0.15) is 5.10 Å². The predicted octanol–water partition coefficient (Wildman–Crippen LogP) is 0.276. The molecule has 0 bridgehead atoms. The van der Waals surface area contributed by atoms with Gasteiger partial charge in [-0.3, -0.25) is 9.59 Å². The van der Waals surface area contributed by atoms with E-state index in [1.54, 1.807) is 16.8 Å². The molecule has 23 heavy (non-hydrogen) atoms. The van der Waals surface area contributed by atoms with Gasteiger partial charge in [0.25, 0.3) is 5.91 Å². The fourth-order valence-corrected chi connectivity index (χ4v) is 2.72. The van der Waals surface area contributed by atoms with Crippen molar-refractivity contribution in [3.8, 4) is 0 Å². The second kappa shape index (κ2) is 7.23. The molecule has 0 unspecified atom stereocenters. The van der Waals surface area contributed by atoms with Crippen LogP contribution in [0.3, 0.4) is 0 Å².